The van der Waals surface area contributed by atoms with Gasteiger partial charge in [0.15, 0.2) is 0 Å². The van der Waals surface area contributed by atoms with Gasteiger partial charge in [0, 0.05) is 6.04 Å². The van der Waals surface area contributed by atoms with Gasteiger partial charge in [-0.25, -0.2) is 4.79 Å². The second kappa shape index (κ2) is 20.9. The third-order valence-corrected chi connectivity index (χ3v) is 6.76. The second-order valence-corrected chi connectivity index (χ2v) is 9.37. The summed E-state index contributed by atoms with van der Waals surface area (Å²) in [4.78, 5) is 16.3. The number of cyclic esters (lactones) is 1. The highest BCUT2D eigenvalue weighted by molar-refractivity contribution is 5.70. The molecule has 1 atom stereocenters. The summed E-state index contributed by atoms with van der Waals surface area (Å²) in [7, 11) is 3.79. The van der Waals surface area contributed by atoms with Gasteiger partial charge in [-0.2, -0.15) is 0 Å². The van der Waals surface area contributed by atoms with E-state index in [9.17, 15) is 4.79 Å². The highest BCUT2D eigenvalue weighted by Crippen LogP contribution is 2.29. The maximum absolute atomic E-state index is 12.0. The number of nitrogens with zero attached hydrogens (tertiary/aromatic N) is 2. The molecule has 2 aliphatic heterocycles. The predicted molar refractivity (Wildman–Crippen MR) is 165 cm³/mol. The first-order valence-electron chi connectivity index (χ1n) is 14.6. The van der Waals surface area contributed by atoms with Crippen molar-refractivity contribution in [1.82, 2.24) is 9.80 Å². The molecule has 4 rings (SSSR count). The van der Waals surface area contributed by atoms with Crippen molar-refractivity contribution in [2.75, 3.05) is 33.8 Å². The van der Waals surface area contributed by atoms with Crippen molar-refractivity contribution in [3.63, 3.8) is 0 Å². The summed E-state index contributed by atoms with van der Waals surface area (Å²) < 4.78 is 10.4. The molecular formula is C34H52N2O3. The number of carbonyl (C=O) groups is 1. The lowest BCUT2D eigenvalue weighted by Gasteiger charge is -2.33. The van der Waals surface area contributed by atoms with Crippen molar-refractivity contribution in [2.45, 2.75) is 78.9 Å². The fourth-order valence-electron chi connectivity index (χ4n) is 4.35. The van der Waals surface area contributed by atoms with Crippen LogP contribution in [0.2, 0.25) is 0 Å². The maximum Gasteiger partial charge on any atom is 0.410 e. The molecule has 2 heterocycles. The molecule has 216 valence electrons. The molecule has 0 spiro atoms. The first kappa shape index (κ1) is 34.0. The van der Waals surface area contributed by atoms with Crippen LogP contribution in [0.25, 0.3) is 0 Å². The lowest BCUT2D eigenvalue weighted by atomic mass is 10.0. The summed E-state index contributed by atoms with van der Waals surface area (Å²) in [6.45, 7) is 13.3. The van der Waals surface area contributed by atoms with Crippen LogP contribution in [0.5, 0.6) is 5.75 Å². The van der Waals surface area contributed by atoms with Crippen LogP contribution in [0, 0.1) is 0 Å². The van der Waals surface area contributed by atoms with E-state index in [0.29, 0.717) is 12.6 Å². The van der Waals surface area contributed by atoms with Gasteiger partial charge in [0.2, 0.25) is 0 Å². The van der Waals surface area contributed by atoms with Crippen LogP contribution in [0.15, 0.2) is 84.5 Å². The molecule has 0 radical (unpaired) electrons. The average Bonchev–Trinajstić information content (AvgIpc) is 3.40. The number of amides is 1. The van der Waals surface area contributed by atoms with Crippen molar-refractivity contribution >= 4 is 6.09 Å². The van der Waals surface area contributed by atoms with Crippen LogP contribution < -0.4 is 4.74 Å². The number of hydrogen-bond donors (Lipinski definition) is 0. The molecule has 39 heavy (non-hydrogen) atoms. The Kier molecular flexibility index (Phi) is 18.2. The normalized spacial score (nSPS) is 17.7. The van der Waals surface area contributed by atoms with Crippen molar-refractivity contribution < 1.29 is 14.3 Å². The van der Waals surface area contributed by atoms with E-state index in [2.05, 4.69) is 50.9 Å². The summed E-state index contributed by atoms with van der Waals surface area (Å²) in [6, 6.07) is 20.0. The Morgan fingerprint density at radius 1 is 0.974 bits per heavy atom. The van der Waals surface area contributed by atoms with E-state index in [4.69, 9.17) is 9.47 Å². The first-order chi connectivity index (χ1) is 19.0. The third kappa shape index (κ3) is 13.0. The van der Waals surface area contributed by atoms with E-state index in [-0.39, 0.29) is 12.2 Å². The zero-order valence-electron chi connectivity index (χ0n) is 25.4. The van der Waals surface area contributed by atoms with Crippen molar-refractivity contribution in [2.24, 2.45) is 0 Å². The van der Waals surface area contributed by atoms with Gasteiger partial charge in [-0.15, -0.1) is 0 Å². The number of hydrogen-bond acceptors (Lipinski definition) is 4. The smallest absolute Gasteiger partial charge is 0.410 e. The zero-order chi connectivity index (χ0) is 28.9. The number of likely N-dealkylation sites (tertiary alicyclic amines) is 1. The summed E-state index contributed by atoms with van der Waals surface area (Å²) >= 11 is 0. The number of methoxy groups -OCH3 is 1. The molecule has 0 saturated carbocycles. The fraction of sp³-hybridized carbons (Fsp3) is 0.500. The quantitative estimate of drug-likeness (QED) is 0.332. The van der Waals surface area contributed by atoms with E-state index < -0.39 is 0 Å². The summed E-state index contributed by atoms with van der Waals surface area (Å²) in [5.41, 5.74) is 2.62. The second-order valence-electron chi connectivity index (χ2n) is 9.37. The Hall–Kier alpha value is -3.05. The van der Waals surface area contributed by atoms with E-state index in [1.807, 2.05) is 79.4 Å². The van der Waals surface area contributed by atoms with Crippen LogP contribution in [-0.4, -0.2) is 55.7 Å². The minimum atomic E-state index is -0.150. The Morgan fingerprint density at radius 2 is 1.56 bits per heavy atom. The molecule has 1 unspecified atom stereocenters. The van der Waals surface area contributed by atoms with Gasteiger partial charge in [0.1, 0.15) is 11.9 Å². The molecule has 0 aliphatic carbocycles. The summed E-state index contributed by atoms with van der Waals surface area (Å²) in [5, 5.41) is 0. The molecule has 2 aliphatic rings. The predicted octanol–water partition coefficient (Wildman–Crippen LogP) is 8.69. The van der Waals surface area contributed by atoms with Crippen molar-refractivity contribution in [1.29, 1.82) is 0 Å². The SMILES string of the molecule is C/C=C(/CC)C/C=C\CC.CC.CN1CCC(N2CC(c3ccccc3)OC2=O)CC1.COc1ccccc1. The number of carbonyl (C=O) groups excluding carboxylic acids is 1. The Labute approximate surface area is 238 Å². The molecule has 2 fully saturated rings. The molecule has 5 heteroatoms. The monoisotopic (exact) mass is 536 g/mol. The van der Waals surface area contributed by atoms with E-state index in [0.717, 1.165) is 50.1 Å². The topological polar surface area (TPSA) is 42.0 Å². The minimum absolute atomic E-state index is 0.103. The van der Waals surface area contributed by atoms with Crippen LogP contribution in [0.3, 0.4) is 0 Å². The van der Waals surface area contributed by atoms with E-state index in [1.54, 1.807) is 7.11 Å². The Morgan fingerprint density at radius 3 is 2.05 bits per heavy atom. The number of piperidine rings is 1. The number of para-hydroxylation sites is 1. The highest BCUT2D eigenvalue weighted by Gasteiger charge is 2.37. The molecule has 2 saturated heterocycles. The fourth-order valence-corrected chi connectivity index (χ4v) is 4.35. The first-order valence-corrected chi connectivity index (χ1v) is 14.6. The summed E-state index contributed by atoms with van der Waals surface area (Å²) in [5.74, 6) is 0.910. The van der Waals surface area contributed by atoms with Gasteiger partial charge in [-0.3, -0.25) is 0 Å². The highest BCUT2D eigenvalue weighted by atomic mass is 16.6. The average molecular weight is 537 g/mol. The van der Waals surface area contributed by atoms with Gasteiger partial charge in [0.05, 0.1) is 13.7 Å². The maximum atomic E-state index is 12.0. The molecular weight excluding hydrogens is 484 g/mol. The van der Waals surface area contributed by atoms with Gasteiger partial charge < -0.3 is 19.3 Å². The van der Waals surface area contributed by atoms with Gasteiger partial charge >= 0.3 is 6.09 Å². The van der Waals surface area contributed by atoms with Gasteiger partial charge in [-0.1, -0.05) is 100 Å². The molecule has 5 nitrogen and oxygen atoms in total. The van der Waals surface area contributed by atoms with Crippen LogP contribution >= 0.6 is 0 Å². The molecule has 0 bridgehead atoms. The van der Waals surface area contributed by atoms with Gasteiger partial charge in [0.25, 0.3) is 0 Å². The zero-order valence-corrected chi connectivity index (χ0v) is 25.4. The van der Waals surface area contributed by atoms with Crippen LogP contribution in [0.1, 0.15) is 78.4 Å². The third-order valence-electron chi connectivity index (χ3n) is 6.76. The lowest BCUT2D eigenvalue weighted by Crippen LogP contribution is -2.44. The Bertz CT molecular complexity index is 935. The number of allylic oxidation sites excluding steroid dienone is 4. The summed E-state index contributed by atoms with van der Waals surface area (Å²) in [6.07, 6.45) is 12.0. The largest absolute Gasteiger partial charge is 0.497 e. The molecule has 0 aromatic heterocycles. The molecule has 1 amide bonds. The van der Waals surface area contributed by atoms with Crippen LogP contribution in [0.4, 0.5) is 4.79 Å². The van der Waals surface area contributed by atoms with Crippen molar-refractivity contribution in [3.8, 4) is 5.75 Å². The minimum Gasteiger partial charge on any atom is -0.497 e. The Balaban J connectivity index is 0.000000321. The van der Waals surface area contributed by atoms with Gasteiger partial charge in [-0.05, 0) is 76.9 Å². The molecule has 2 aromatic rings. The number of rotatable bonds is 7. The molecule has 2 aromatic carbocycles. The standard InChI is InChI=1S/C15H20N2O2.C10H18.C7H8O.C2H6/c1-16-9-7-13(8-10-16)17-11-14(19-15(17)18)12-5-3-2-4-6-12;1-4-7-8-9-10(5-2)6-3;1-8-7-5-3-2-4-6-7;1-2/h2-6,13-14H,7-11H2,1H3;5,7-8H,4,6,9H2,1-3H3;2-6H,1H3;1-2H3/b;8-7-,10-5-;;. The van der Waals surface area contributed by atoms with Crippen molar-refractivity contribution in [3.05, 3.63) is 90.0 Å². The molecule has 0 N–H and O–H groups in total. The van der Waals surface area contributed by atoms with E-state index in [1.165, 1.54) is 12.0 Å². The van der Waals surface area contributed by atoms with Crippen LogP contribution in [-0.2, 0) is 4.74 Å². The van der Waals surface area contributed by atoms with E-state index >= 15 is 0 Å². The number of benzene rings is 2. The lowest BCUT2D eigenvalue weighted by molar-refractivity contribution is 0.116. The number of ether oxygens (including phenoxy) is 2.